The fourth-order valence-electron chi connectivity index (χ4n) is 3.02. The molecule has 0 atom stereocenters. The number of nitrogens with two attached hydrogens (primary N) is 1. The van der Waals surface area contributed by atoms with Crippen LogP contribution < -0.4 is 5.73 Å². The molecule has 100 valence electrons. The summed E-state index contributed by atoms with van der Waals surface area (Å²) in [5.41, 5.74) is 6.29. The van der Waals surface area contributed by atoms with Gasteiger partial charge < -0.3 is 10.8 Å². The van der Waals surface area contributed by atoms with Crippen molar-refractivity contribution in [3.05, 3.63) is 29.6 Å². The van der Waals surface area contributed by atoms with Gasteiger partial charge in [0.15, 0.2) is 0 Å². The molecule has 0 aromatic heterocycles. The SMILES string of the molecule is NCCCC1CCC(c2ccc(O)cc2F)CC1. The van der Waals surface area contributed by atoms with Crippen LogP contribution in [0.2, 0.25) is 0 Å². The minimum absolute atomic E-state index is 0.00730. The van der Waals surface area contributed by atoms with Gasteiger partial charge in [-0.2, -0.15) is 0 Å². The van der Waals surface area contributed by atoms with Crippen molar-refractivity contribution in [1.82, 2.24) is 0 Å². The van der Waals surface area contributed by atoms with E-state index in [9.17, 15) is 9.50 Å². The molecule has 1 aliphatic rings. The Hall–Kier alpha value is -1.09. The predicted octanol–water partition coefficient (Wildman–Crippen LogP) is 3.54. The van der Waals surface area contributed by atoms with Crippen LogP contribution in [0.5, 0.6) is 5.75 Å². The largest absolute Gasteiger partial charge is 0.508 e. The van der Waals surface area contributed by atoms with Crippen molar-refractivity contribution in [3.8, 4) is 5.75 Å². The molecule has 0 amide bonds. The average molecular weight is 251 g/mol. The standard InChI is InChI=1S/C15H22FNO/c16-15-10-13(18)7-8-14(15)12-5-3-11(4-6-12)2-1-9-17/h7-8,10-12,18H,1-6,9,17H2. The van der Waals surface area contributed by atoms with E-state index >= 15 is 0 Å². The van der Waals surface area contributed by atoms with Gasteiger partial charge in [-0.25, -0.2) is 4.39 Å². The van der Waals surface area contributed by atoms with E-state index in [0.29, 0.717) is 5.92 Å². The summed E-state index contributed by atoms with van der Waals surface area (Å²) < 4.78 is 13.8. The van der Waals surface area contributed by atoms with E-state index in [2.05, 4.69) is 0 Å². The second-order valence-corrected chi connectivity index (χ2v) is 5.35. The summed E-state index contributed by atoms with van der Waals surface area (Å²) in [4.78, 5) is 0. The van der Waals surface area contributed by atoms with E-state index in [-0.39, 0.29) is 11.6 Å². The molecule has 0 saturated heterocycles. The van der Waals surface area contributed by atoms with Gasteiger partial charge in [0.05, 0.1) is 0 Å². The van der Waals surface area contributed by atoms with Gasteiger partial charge in [-0.05, 0) is 68.5 Å². The van der Waals surface area contributed by atoms with Crippen LogP contribution in [0, 0.1) is 11.7 Å². The van der Waals surface area contributed by atoms with Crippen molar-refractivity contribution < 1.29 is 9.50 Å². The Morgan fingerprint density at radius 1 is 1.22 bits per heavy atom. The summed E-state index contributed by atoms with van der Waals surface area (Å²) in [5, 5.41) is 9.22. The number of aromatic hydroxyl groups is 1. The van der Waals surface area contributed by atoms with Crippen LogP contribution in [0.4, 0.5) is 4.39 Å². The number of hydrogen-bond acceptors (Lipinski definition) is 2. The molecular formula is C15H22FNO. The molecule has 1 fully saturated rings. The van der Waals surface area contributed by atoms with Crippen molar-refractivity contribution >= 4 is 0 Å². The van der Waals surface area contributed by atoms with Gasteiger partial charge >= 0.3 is 0 Å². The molecule has 3 heteroatoms. The molecule has 1 aliphatic carbocycles. The molecule has 0 unspecified atom stereocenters. The van der Waals surface area contributed by atoms with Gasteiger partial charge in [0, 0.05) is 6.07 Å². The Morgan fingerprint density at radius 3 is 2.56 bits per heavy atom. The first-order valence-electron chi connectivity index (χ1n) is 6.89. The number of phenolic OH excluding ortho intramolecular Hbond substituents is 1. The van der Waals surface area contributed by atoms with E-state index < -0.39 is 0 Å². The fourth-order valence-corrected chi connectivity index (χ4v) is 3.02. The van der Waals surface area contributed by atoms with Gasteiger partial charge in [-0.3, -0.25) is 0 Å². The monoisotopic (exact) mass is 251 g/mol. The lowest BCUT2D eigenvalue weighted by molar-refractivity contribution is 0.302. The summed E-state index contributed by atoms with van der Waals surface area (Å²) in [6.45, 7) is 0.770. The lowest BCUT2D eigenvalue weighted by atomic mass is 9.77. The van der Waals surface area contributed by atoms with Crippen LogP contribution in [-0.4, -0.2) is 11.7 Å². The molecule has 18 heavy (non-hydrogen) atoms. The quantitative estimate of drug-likeness (QED) is 0.859. The molecule has 1 aromatic rings. The molecule has 0 bridgehead atoms. The van der Waals surface area contributed by atoms with Gasteiger partial charge in [0.1, 0.15) is 11.6 Å². The van der Waals surface area contributed by atoms with Crippen LogP contribution in [0.15, 0.2) is 18.2 Å². The lowest BCUT2D eigenvalue weighted by Crippen LogP contribution is -2.15. The zero-order valence-corrected chi connectivity index (χ0v) is 10.7. The first-order valence-corrected chi connectivity index (χ1v) is 6.89. The van der Waals surface area contributed by atoms with Crippen LogP contribution in [0.25, 0.3) is 0 Å². The van der Waals surface area contributed by atoms with Crippen molar-refractivity contribution in [2.75, 3.05) is 6.54 Å². The molecule has 3 N–H and O–H groups in total. The minimum Gasteiger partial charge on any atom is -0.508 e. The lowest BCUT2D eigenvalue weighted by Gasteiger charge is -2.29. The number of benzene rings is 1. The first kappa shape index (κ1) is 13.3. The molecule has 2 rings (SSSR count). The second kappa shape index (κ2) is 6.19. The van der Waals surface area contributed by atoms with Gasteiger partial charge in [0.25, 0.3) is 0 Å². The second-order valence-electron chi connectivity index (χ2n) is 5.35. The van der Waals surface area contributed by atoms with Crippen LogP contribution >= 0.6 is 0 Å². The highest BCUT2D eigenvalue weighted by Gasteiger charge is 2.23. The van der Waals surface area contributed by atoms with Crippen molar-refractivity contribution in [3.63, 3.8) is 0 Å². The maximum atomic E-state index is 13.8. The zero-order valence-electron chi connectivity index (χ0n) is 10.7. The van der Waals surface area contributed by atoms with Crippen LogP contribution in [-0.2, 0) is 0 Å². The smallest absolute Gasteiger partial charge is 0.130 e. The van der Waals surface area contributed by atoms with Gasteiger partial charge in [0.2, 0.25) is 0 Å². The molecule has 1 aromatic carbocycles. The summed E-state index contributed by atoms with van der Waals surface area (Å²) in [6.07, 6.45) is 6.76. The van der Waals surface area contributed by atoms with E-state index in [0.717, 1.165) is 37.3 Å². The molecule has 0 spiro atoms. The normalized spacial score (nSPS) is 24.1. The number of phenols is 1. The highest BCUT2D eigenvalue weighted by Crippen LogP contribution is 2.38. The first-order chi connectivity index (χ1) is 8.70. The summed E-state index contributed by atoms with van der Waals surface area (Å²) in [5.74, 6) is 0.831. The Kier molecular flexibility index (Phi) is 4.59. The molecule has 1 saturated carbocycles. The average Bonchev–Trinajstić information content (AvgIpc) is 2.37. The van der Waals surface area contributed by atoms with Gasteiger partial charge in [-0.15, -0.1) is 0 Å². The van der Waals surface area contributed by atoms with Crippen molar-refractivity contribution in [2.24, 2.45) is 11.7 Å². The maximum absolute atomic E-state index is 13.8. The minimum atomic E-state index is -0.264. The summed E-state index contributed by atoms with van der Waals surface area (Å²) in [7, 11) is 0. The number of halogens is 1. The Bertz CT molecular complexity index is 386. The number of hydrogen-bond donors (Lipinski definition) is 2. The van der Waals surface area contributed by atoms with E-state index in [4.69, 9.17) is 5.73 Å². The Morgan fingerprint density at radius 2 is 1.94 bits per heavy atom. The van der Waals surface area contributed by atoms with Crippen LogP contribution in [0.3, 0.4) is 0 Å². The topological polar surface area (TPSA) is 46.2 Å². The maximum Gasteiger partial charge on any atom is 0.130 e. The number of rotatable bonds is 4. The molecular weight excluding hydrogens is 229 g/mol. The van der Waals surface area contributed by atoms with Crippen LogP contribution in [0.1, 0.15) is 50.0 Å². The third kappa shape index (κ3) is 3.22. The van der Waals surface area contributed by atoms with Crippen molar-refractivity contribution in [1.29, 1.82) is 0 Å². The van der Waals surface area contributed by atoms with E-state index in [1.807, 2.05) is 0 Å². The Balaban J connectivity index is 1.93. The summed E-state index contributed by atoms with van der Waals surface area (Å²) >= 11 is 0. The summed E-state index contributed by atoms with van der Waals surface area (Å²) in [6, 6.07) is 4.53. The fraction of sp³-hybridized carbons (Fsp3) is 0.600. The van der Waals surface area contributed by atoms with E-state index in [1.165, 1.54) is 25.3 Å². The zero-order chi connectivity index (χ0) is 13.0. The third-order valence-corrected chi connectivity index (χ3v) is 4.09. The highest BCUT2D eigenvalue weighted by molar-refractivity contribution is 5.30. The highest BCUT2D eigenvalue weighted by atomic mass is 19.1. The predicted molar refractivity (Wildman–Crippen MR) is 71.1 cm³/mol. The molecule has 0 heterocycles. The van der Waals surface area contributed by atoms with Gasteiger partial charge in [-0.1, -0.05) is 6.07 Å². The van der Waals surface area contributed by atoms with E-state index in [1.54, 1.807) is 12.1 Å². The molecule has 2 nitrogen and oxygen atoms in total. The third-order valence-electron chi connectivity index (χ3n) is 4.09. The molecule has 0 aliphatic heterocycles. The Labute approximate surface area is 108 Å². The van der Waals surface area contributed by atoms with Crippen molar-refractivity contribution in [2.45, 2.75) is 44.4 Å². The molecule has 0 radical (unpaired) electrons.